The minimum Gasteiger partial charge on any atom is -0.486 e. The lowest BCUT2D eigenvalue weighted by Gasteiger charge is -2.34. The Kier molecular flexibility index (Phi) is 7.59. The van der Waals surface area contributed by atoms with E-state index in [0.717, 1.165) is 6.20 Å². The molecule has 0 bridgehead atoms. The van der Waals surface area contributed by atoms with Gasteiger partial charge in [0.05, 0.1) is 36.8 Å². The molecule has 0 aliphatic carbocycles. The molecular formula is C22H21F3N8O3. The summed E-state index contributed by atoms with van der Waals surface area (Å²) in [6.45, 7) is -2.96. The van der Waals surface area contributed by atoms with Crippen LogP contribution in [-0.4, -0.2) is 72.6 Å². The third-order valence-electron chi connectivity index (χ3n) is 5.43. The van der Waals surface area contributed by atoms with E-state index in [4.69, 9.17) is 9.84 Å². The first-order valence-corrected chi connectivity index (χ1v) is 10.9. The van der Waals surface area contributed by atoms with Crippen molar-refractivity contribution in [2.45, 2.75) is 31.7 Å². The number of carbonyl (C=O) groups excluding carboxylic acids is 1. The molecule has 1 saturated heterocycles. The number of nitriles is 1. The second-order valence-corrected chi connectivity index (χ2v) is 7.84. The van der Waals surface area contributed by atoms with E-state index < -0.39 is 18.8 Å². The number of piperidine rings is 1. The third kappa shape index (κ3) is 5.69. The van der Waals surface area contributed by atoms with E-state index in [-0.39, 0.29) is 67.2 Å². The summed E-state index contributed by atoms with van der Waals surface area (Å²) in [7, 11) is 0. The molecule has 0 unspecified atom stereocenters. The summed E-state index contributed by atoms with van der Waals surface area (Å²) in [6.07, 6.45) is 1.38. The molecule has 2 N–H and O–H groups in total. The van der Waals surface area contributed by atoms with E-state index >= 15 is 0 Å². The maximum atomic E-state index is 14.7. The Morgan fingerprint density at radius 1 is 1.36 bits per heavy atom. The number of benzene rings is 1. The van der Waals surface area contributed by atoms with Gasteiger partial charge in [-0.3, -0.25) is 4.79 Å². The molecule has 188 valence electrons. The van der Waals surface area contributed by atoms with Crippen LogP contribution in [-0.2, 0) is 4.79 Å². The van der Waals surface area contributed by atoms with E-state index in [0.29, 0.717) is 10.2 Å². The maximum Gasteiger partial charge on any atom is 0.333 e. The van der Waals surface area contributed by atoms with Crippen molar-refractivity contribution in [2.75, 3.05) is 25.0 Å². The fourth-order valence-electron chi connectivity index (χ4n) is 3.65. The number of anilines is 2. The van der Waals surface area contributed by atoms with Gasteiger partial charge < -0.3 is 20.1 Å². The zero-order valence-electron chi connectivity index (χ0n) is 18.8. The van der Waals surface area contributed by atoms with Gasteiger partial charge in [0, 0.05) is 24.9 Å². The highest BCUT2D eigenvalue weighted by Gasteiger charge is 2.33. The van der Waals surface area contributed by atoms with Crippen LogP contribution in [0.1, 0.15) is 25.0 Å². The van der Waals surface area contributed by atoms with E-state index in [1.807, 2.05) is 6.07 Å². The van der Waals surface area contributed by atoms with Crippen molar-refractivity contribution in [2.24, 2.45) is 0 Å². The normalized spacial score (nSPS) is 17.6. The van der Waals surface area contributed by atoms with Gasteiger partial charge in [0.2, 0.25) is 11.9 Å². The average Bonchev–Trinajstić information content (AvgIpc) is 3.34. The van der Waals surface area contributed by atoms with Gasteiger partial charge in [-0.2, -0.15) is 24.1 Å². The summed E-state index contributed by atoms with van der Waals surface area (Å²) in [5.41, 5.74) is 0.833. The van der Waals surface area contributed by atoms with E-state index in [9.17, 15) is 23.2 Å². The van der Waals surface area contributed by atoms with Crippen molar-refractivity contribution < 1.29 is 27.8 Å². The number of aliphatic hydroxyl groups excluding tert-OH is 1. The van der Waals surface area contributed by atoms with Crippen molar-refractivity contribution in [1.82, 2.24) is 29.6 Å². The van der Waals surface area contributed by atoms with Crippen LogP contribution in [0.4, 0.5) is 24.8 Å². The fraction of sp³-hybridized carbons (Fsp3) is 0.364. The second-order valence-electron chi connectivity index (χ2n) is 7.84. The number of hydrogen-bond donors (Lipinski definition) is 2. The lowest BCUT2D eigenvalue weighted by molar-refractivity contribution is -0.135. The molecule has 3 heterocycles. The van der Waals surface area contributed by atoms with Crippen molar-refractivity contribution in [3.8, 4) is 23.2 Å². The minimum atomic E-state index is -2.78. The van der Waals surface area contributed by atoms with E-state index in [2.05, 4.69) is 25.4 Å². The summed E-state index contributed by atoms with van der Waals surface area (Å²) in [5, 5.41) is 24.8. The number of carbonyl (C=O) groups is 1. The predicted molar refractivity (Wildman–Crippen MR) is 119 cm³/mol. The number of amides is 1. The van der Waals surface area contributed by atoms with Crippen LogP contribution < -0.4 is 10.1 Å². The number of halogens is 3. The van der Waals surface area contributed by atoms with Crippen molar-refractivity contribution in [3.05, 3.63) is 42.5 Å². The molecule has 0 spiro atoms. The van der Waals surface area contributed by atoms with E-state index in [1.165, 1.54) is 29.6 Å². The van der Waals surface area contributed by atoms with E-state index in [1.54, 1.807) is 6.07 Å². The number of likely N-dealkylation sites (tertiary alicyclic amines) is 1. The highest BCUT2D eigenvalue weighted by molar-refractivity contribution is 5.76. The largest absolute Gasteiger partial charge is 0.486 e. The summed E-state index contributed by atoms with van der Waals surface area (Å²) in [6, 6.07) is 6.60. The number of nitrogens with zero attached hydrogens (tertiary/aromatic N) is 7. The van der Waals surface area contributed by atoms with Crippen molar-refractivity contribution in [1.29, 1.82) is 5.26 Å². The lowest BCUT2D eigenvalue weighted by Crippen LogP contribution is -2.49. The number of aromatic nitrogens is 5. The van der Waals surface area contributed by atoms with Gasteiger partial charge in [-0.25, -0.2) is 19.0 Å². The summed E-state index contributed by atoms with van der Waals surface area (Å²) in [5.74, 6) is 0.136. The van der Waals surface area contributed by atoms with Crippen molar-refractivity contribution in [3.63, 3.8) is 0 Å². The Morgan fingerprint density at radius 3 is 2.89 bits per heavy atom. The molecular weight excluding hydrogens is 481 g/mol. The summed E-state index contributed by atoms with van der Waals surface area (Å²) < 4.78 is 46.3. The monoisotopic (exact) mass is 502 g/mol. The average molecular weight is 502 g/mol. The van der Waals surface area contributed by atoms with Crippen LogP contribution >= 0.6 is 0 Å². The van der Waals surface area contributed by atoms with Crippen molar-refractivity contribution >= 4 is 17.5 Å². The SMILES string of the molecule is N#Cc1cc(-c2ncnc(Nc3cnn(C(F)F)c3)n2)ccc1O[C@H]1CCN(C(=O)CCO)C[C@@H]1F. The Morgan fingerprint density at radius 2 is 2.19 bits per heavy atom. The molecule has 11 nitrogen and oxygen atoms in total. The molecule has 1 aliphatic rings. The molecule has 0 saturated carbocycles. The van der Waals surface area contributed by atoms with Crippen LogP contribution in [0.2, 0.25) is 0 Å². The zero-order chi connectivity index (χ0) is 25.7. The standard InChI is InChI=1S/C22H21F3N8O3/c23-16-11-32(19(35)4-6-34)5-3-18(16)36-17-2-1-13(7-14(17)8-26)20-27-12-28-22(31-20)30-15-9-29-33(10-15)21(24)25/h1-2,7,9-10,12,16,18,21,34H,3-6,11H2,(H,27,28,30,31)/t16-,18-/m0/s1. The quantitative estimate of drug-likeness (QED) is 0.475. The highest BCUT2D eigenvalue weighted by Crippen LogP contribution is 2.28. The molecule has 36 heavy (non-hydrogen) atoms. The lowest BCUT2D eigenvalue weighted by atomic mass is 10.0. The molecule has 1 aromatic carbocycles. The van der Waals surface area contributed by atoms with Gasteiger partial charge >= 0.3 is 6.55 Å². The van der Waals surface area contributed by atoms with Crippen LogP contribution in [0.15, 0.2) is 36.9 Å². The number of alkyl halides is 3. The Balaban J connectivity index is 1.46. The zero-order valence-corrected chi connectivity index (χ0v) is 18.8. The smallest absolute Gasteiger partial charge is 0.333 e. The molecule has 3 aromatic rings. The van der Waals surface area contributed by atoms with Gasteiger partial charge in [-0.05, 0) is 18.2 Å². The van der Waals surface area contributed by atoms with Crippen LogP contribution in [0.3, 0.4) is 0 Å². The predicted octanol–water partition coefficient (Wildman–Crippen LogP) is 2.45. The molecule has 2 aromatic heterocycles. The molecule has 1 aliphatic heterocycles. The Bertz CT molecular complexity index is 1270. The Labute approximate surface area is 203 Å². The van der Waals surface area contributed by atoms with Gasteiger partial charge in [0.1, 0.15) is 24.3 Å². The highest BCUT2D eigenvalue weighted by atomic mass is 19.3. The van der Waals surface area contributed by atoms with Crippen LogP contribution in [0.5, 0.6) is 5.75 Å². The number of nitrogens with one attached hydrogen (secondary N) is 1. The molecule has 1 fully saturated rings. The number of rotatable bonds is 8. The molecule has 4 rings (SSSR count). The maximum absolute atomic E-state index is 14.7. The first-order chi connectivity index (χ1) is 17.4. The van der Waals surface area contributed by atoms with Gasteiger partial charge in [0.15, 0.2) is 12.0 Å². The van der Waals surface area contributed by atoms with Gasteiger partial charge in [-0.1, -0.05) is 0 Å². The second kappa shape index (κ2) is 11.0. The summed E-state index contributed by atoms with van der Waals surface area (Å²) >= 11 is 0. The summed E-state index contributed by atoms with van der Waals surface area (Å²) in [4.78, 5) is 25.5. The fourth-order valence-corrected chi connectivity index (χ4v) is 3.65. The molecule has 14 heteroatoms. The van der Waals surface area contributed by atoms with Crippen LogP contribution in [0.25, 0.3) is 11.4 Å². The number of ether oxygens (including phenoxy) is 1. The molecule has 0 radical (unpaired) electrons. The molecule has 1 amide bonds. The Hall–Kier alpha value is -4.25. The van der Waals surface area contributed by atoms with Gasteiger partial charge in [0.25, 0.3) is 0 Å². The number of hydrogen-bond acceptors (Lipinski definition) is 9. The topological polar surface area (TPSA) is 142 Å². The third-order valence-corrected chi connectivity index (χ3v) is 5.43. The molecule has 2 atom stereocenters. The van der Waals surface area contributed by atoms with Crippen LogP contribution in [0, 0.1) is 11.3 Å². The number of aliphatic hydroxyl groups is 1. The van der Waals surface area contributed by atoms with Gasteiger partial charge in [-0.15, -0.1) is 0 Å². The first-order valence-electron chi connectivity index (χ1n) is 10.9. The first kappa shape index (κ1) is 24.9. The minimum absolute atomic E-state index is 0.0636.